The number of aryl methyl sites for hydroxylation is 1. The predicted molar refractivity (Wildman–Crippen MR) is 109 cm³/mol. The number of aromatic nitrogens is 5. The summed E-state index contributed by atoms with van der Waals surface area (Å²) in [7, 11) is -2.01. The van der Waals surface area contributed by atoms with Gasteiger partial charge >= 0.3 is 0 Å². The molecule has 0 bridgehead atoms. The molecule has 0 unspecified atom stereocenters. The molecule has 0 aliphatic heterocycles. The maximum absolute atomic E-state index is 12.4. The van der Waals surface area contributed by atoms with Crippen molar-refractivity contribution in [1.82, 2.24) is 24.1 Å². The van der Waals surface area contributed by atoms with E-state index >= 15 is 0 Å². The SMILES string of the molecule is Cn1nccc1-c1cc(Cl)ccc1Oc1ccc(S(=O)(=O)Nc2ncns2)cn1. The minimum absolute atomic E-state index is 0.0250. The first-order valence-corrected chi connectivity index (χ1v) is 10.8. The van der Waals surface area contributed by atoms with Gasteiger partial charge in [-0.25, -0.2) is 18.4 Å². The van der Waals surface area contributed by atoms with E-state index in [0.29, 0.717) is 10.8 Å². The summed E-state index contributed by atoms with van der Waals surface area (Å²) in [5, 5.41) is 4.88. The van der Waals surface area contributed by atoms with E-state index in [1.165, 1.54) is 24.7 Å². The highest BCUT2D eigenvalue weighted by Gasteiger charge is 2.17. The van der Waals surface area contributed by atoms with Crippen LogP contribution in [0, 0.1) is 0 Å². The molecule has 9 nitrogen and oxygen atoms in total. The van der Waals surface area contributed by atoms with Crippen molar-refractivity contribution in [2.45, 2.75) is 4.90 Å². The molecule has 4 aromatic rings. The van der Waals surface area contributed by atoms with Gasteiger partial charge in [0, 0.05) is 41.4 Å². The third-order valence-corrected chi connectivity index (χ3v) is 6.12. The Morgan fingerprint density at radius 3 is 2.69 bits per heavy atom. The molecule has 0 fully saturated rings. The average Bonchev–Trinajstić information content (AvgIpc) is 3.35. The number of ether oxygens (including phenoxy) is 1. The molecule has 0 aliphatic carbocycles. The van der Waals surface area contributed by atoms with Crippen LogP contribution in [0.25, 0.3) is 11.3 Å². The van der Waals surface area contributed by atoms with Crippen molar-refractivity contribution in [1.29, 1.82) is 0 Å². The van der Waals surface area contributed by atoms with Gasteiger partial charge in [0.1, 0.15) is 17.0 Å². The Morgan fingerprint density at radius 2 is 2.03 bits per heavy atom. The molecule has 0 atom stereocenters. The number of pyridine rings is 1. The van der Waals surface area contributed by atoms with Crippen molar-refractivity contribution in [3.8, 4) is 22.9 Å². The summed E-state index contributed by atoms with van der Waals surface area (Å²) < 4.78 is 38.4. The molecule has 0 aliphatic rings. The molecule has 1 aromatic carbocycles. The number of halogens is 1. The number of benzene rings is 1. The third-order valence-electron chi connectivity index (χ3n) is 3.86. The molecule has 3 heterocycles. The lowest BCUT2D eigenvalue weighted by molar-refractivity contribution is 0.463. The van der Waals surface area contributed by atoms with Gasteiger partial charge < -0.3 is 4.74 Å². The van der Waals surface area contributed by atoms with Crippen LogP contribution in [0.5, 0.6) is 11.6 Å². The van der Waals surface area contributed by atoms with Crippen LogP contribution in [0.4, 0.5) is 5.13 Å². The number of anilines is 1. The largest absolute Gasteiger partial charge is 0.438 e. The lowest BCUT2D eigenvalue weighted by Gasteiger charge is -2.12. The number of rotatable bonds is 6. The van der Waals surface area contributed by atoms with E-state index < -0.39 is 10.0 Å². The topological polar surface area (TPSA) is 112 Å². The first-order valence-electron chi connectivity index (χ1n) is 8.14. The summed E-state index contributed by atoms with van der Waals surface area (Å²) in [5.41, 5.74) is 1.54. The van der Waals surface area contributed by atoms with Crippen molar-refractivity contribution in [2.24, 2.45) is 7.05 Å². The fraction of sp³-hybridized carbons (Fsp3) is 0.0588. The fourth-order valence-corrected chi connectivity index (χ4v) is 4.30. The Morgan fingerprint density at radius 1 is 1.17 bits per heavy atom. The standard InChI is InChI=1S/C17H13ClN6O3S2/c1-24-14(6-7-21-24)13-8-11(18)2-4-15(13)27-16-5-3-12(9-19-16)29(25,26)23-17-20-10-22-28-17/h2-10H,1H3,(H,20,22,23). The zero-order valence-electron chi connectivity index (χ0n) is 14.9. The molecule has 3 aromatic heterocycles. The van der Waals surface area contributed by atoms with Crippen LogP contribution in [0.3, 0.4) is 0 Å². The summed E-state index contributed by atoms with van der Waals surface area (Å²) in [5.74, 6) is 0.735. The van der Waals surface area contributed by atoms with Gasteiger partial charge in [0.2, 0.25) is 11.0 Å². The van der Waals surface area contributed by atoms with Crippen LogP contribution in [-0.4, -0.2) is 32.5 Å². The Balaban J connectivity index is 1.59. The highest BCUT2D eigenvalue weighted by Crippen LogP contribution is 2.34. The summed E-state index contributed by atoms with van der Waals surface area (Å²) in [6, 6.07) is 9.87. The van der Waals surface area contributed by atoms with Crippen LogP contribution >= 0.6 is 23.1 Å². The van der Waals surface area contributed by atoms with E-state index in [4.69, 9.17) is 16.3 Å². The molecule has 4 rings (SSSR count). The number of nitrogens with one attached hydrogen (secondary N) is 1. The minimum atomic E-state index is -3.82. The van der Waals surface area contributed by atoms with E-state index in [-0.39, 0.29) is 15.9 Å². The Kier molecular flexibility index (Phi) is 5.18. The van der Waals surface area contributed by atoms with Crippen LogP contribution in [0.1, 0.15) is 0 Å². The second-order valence-electron chi connectivity index (χ2n) is 5.77. The van der Waals surface area contributed by atoms with E-state index in [9.17, 15) is 8.42 Å². The summed E-state index contributed by atoms with van der Waals surface area (Å²) in [4.78, 5) is 7.89. The molecular formula is C17H13ClN6O3S2. The highest BCUT2D eigenvalue weighted by molar-refractivity contribution is 7.93. The Labute approximate surface area is 175 Å². The second kappa shape index (κ2) is 7.78. The summed E-state index contributed by atoms with van der Waals surface area (Å²) in [6.07, 6.45) is 4.14. The van der Waals surface area contributed by atoms with Gasteiger partial charge in [0.05, 0.1) is 11.9 Å². The lowest BCUT2D eigenvalue weighted by Crippen LogP contribution is -2.13. The molecule has 12 heteroatoms. The van der Waals surface area contributed by atoms with Crippen molar-refractivity contribution in [3.63, 3.8) is 0 Å². The number of hydrogen-bond donors (Lipinski definition) is 1. The molecule has 148 valence electrons. The third kappa shape index (κ3) is 4.21. The van der Waals surface area contributed by atoms with Crippen LogP contribution in [0.15, 0.2) is 60.0 Å². The van der Waals surface area contributed by atoms with Gasteiger partial charge in [-0.3, -0.25) is 9.40 Å². The van der Waals surface area contributed by atoms with Gasteiger partial charge in [-0.15, -0.1) is 0 Å². The van der Waals surface area contributed by atoms with Crippen molar-refractivity contribution in [2.75, 3.05) is 4.72 Å². The second-order valence-corrected chi connectivity index (χ2v) is 8.67. The fourth-order valence-electron chi connectivity index (χ4n) is 2.52. The summed E-state index contributed by atoms with van der Waals surface area (Å²) in [6.45, 7) is 0. The van der Waals surface area contributed by atoms with Crippen molar-refractivity contribution in [3.05, 3.63) is 60.1 Å². The molecular weight excluding hydrogens is 436 g/mol. The van der Waals surface area contributed by atoms with E-state index in [1.54, 1.807) is 29.1 Å². The van der Waals surface area contributed by atoms with E-state index in [2.05, 4.69) is 24.2 Å². The molecule has 0 saturated carbocycles. The zero-order valence-corrected chi connectivity index (χ0v) is 17.2. The smallest absolute Gasteiger partial charge is 0.265 e. The zero-order chi connectivity index (χ0) is 20.4. The number of sulfonamides is 1. The maximum Gasteiger partial charge on any atom is 0.265 e. The van der Waals surface area contributed by atoms with Gasteiger partial charge in [-0.05, 0) is 30.3 Å². The average molecular weight is 449 g/mol. The summed E-state index contributed by atoms with van der Waals surface area (Å²) >= 11 is 7.07. The molecule has 0 radical (unpaired) electrons. The predicted octanol–water partition coefficient (Wildman–Crippen LogP) is 3.58. The highest BCUT2D eigenvalue weighted by atomic mass is 35.5. The monoisotopic (exact) mass is 448 g/mol. The van der Waals surface area contributed by atoms with Crippen molar-refractivity contribution < 1.29 is 13.2 Å². The number of nitrogens with zero attached hydrogens (tertiary/aromatic N) is 5. The van der Waals surface area contributed by atoms with Crippen LogP contribution in [0.2, 0.25) is 5.02 Å². The van der Waals surface area contributed by atoms with Gasteiger partial charge in [-0.1, -0.05) is 11.6 Å². The van der Waals surface area contributed by atoms with Gasteiger partial charge in [0.15, 0.2) is 0 Å². The minimum Gasteiger partial charge on any atom is -0.438 e. The quantitative estimate of drug-likeness (QED) is 0.479. The van der Waals surface area contributed by atoms with E-state index in [0.717, 1.165) is 22.8 Å². The van der Waals surface area contributed by atoms with Crippen molar-refractivity contribution >= 4 is 38.3 Å². The molecule has 0 amide bonds. The first-order chi connectivity index (χ1) is 13.9. The van der Waals surface area contributed by atoms with Gasteiger partial charge in [0.25, 0.3) is 10.0 Å². The Hall–Kier alpha value is -3.02. The number of hydrogen-bond acceptors (Lipinski definition) is 8. The molecule has 1 N–H and O–H groups in total. The molecule has 0 spiro atoms. The van der Waals surface area contributed by atoms with Crippen LogP contribution < -0.4 is 9.46 Å². The normalized spacial score (nSPS) is 11.4. The maximum atomic E-state index is 12.4. The Bertz CT molecular complexity index is 1240. The lowest BCUT2D eigenvalue weighted by atomic mass is 10.1. The van der Waals surface area contributed by atoms with Gasteiger partial charge in [-0.2, -0.15) is 9.47 Å². The molecule has 29 heavy (non-hydrogen) atoms. The van der Waals surface area contributed by atoms with Crippen LogP contribution in [-0.2, 0) is 17.1 Å². The first kappa shape index (κ1) is 19.3. The van der Waals surface area contributed by atoms with E-state index in [1.807, 2.05) is 13.1 Å². The molecule has 0 saturated heterocycles.